The smallest absolute Gasteiger partial charge is 0.237 e. The first-order valence-electron chi connectivity index (χ1n) is 10.6. The van der Waals surface area contributed by atoms with Crippen LogP contribution in [0.5, 0.6) is 5.75 Å². The zero-order valence-corrected chi connectivity index (χ0v) is 17.7. The van der Waals surface area contributed by atoms with Crippen molar-refractivity contribution >= 4 is 22.5 Å². The first-order chi connectivity index (χ1) is 14.7. The largest absolute Gasteiger partial charge is 0.495 e. The molecule has 158 valence electrons. The molecule has 2 N–H and O–H groups in total. The minimum absolute atomic E-state index is 0.0978. The maximum absolute atomic E-state index is 12.7. The molecule has 1 aliphatic rings. The van der Waals surface area contributed by atoms with Crippen LogP contribution in [0, 0.1) is 0 Å². The number of nitrogens with one attached hydrogen (secondary N) is 2. The summed E-state index contributed by atoms with van der Waals surface area (Å²) in [6.45, 7) is 6.12. The first-order valence-corrected chi connectivity index (χ1v) is 10.6. The SMILES string of the molecule is COc1ccccc1N1CCN(C(C)C(=O)NCCc2c[nH]c3ccccc23)CC1. The molecule has 0 bridgehead atoms. The van der Waals surface area contributed by atoms with E-state index < -0.39 is 0 Å². The third kappa shape index (κ3) is 4.28. The number of ether oxygens (including phenoxy) is 1. The molecule has 6 nitrogen and oxygen atoms in total. The molecule has 1 unspecified atom stereocenters. The fraction of sp³-hybridized carbons (Fsp3) is 0.375. The van der Waals surface area contributed by atoms with Crippen LogP contribution < -0.4 is 15.0 Å². The first kappa shape index (κ1) is 20.3. The second kappa shape index (κ2) is 9.22. The number of hydrogen-bond acceptors (Lipinski definition) is 4. The highest BCUT2D eigenvalue weighted by atomic mass is 16.5. The van der Waals surface area contributed by atoms with Gasteiger partial charge in [0.2, 0.25) is 5.91 Å². The lowest BCUT2D eigenvalue weighted by Gasteiger charge is -2.38. The minimum Gasteiger partial charge on any atom is -0.495 e. The maximum Gasteiger partial charge on any atom is 0.237 e. The fourth-order valence-electron chi connectivity index (χ4n) is 4.21. The van der Waals surface area contributed by atoms with E-state index in [9.17, 15) is 4.79 Å². The van der Waals surface area contributed by atoms with E-state index >= 15 is 0 Å². The quantitative estimate of drug-likeness (QED) is 0.633. The van der Waals surface area contributed by atoms with E-state index in [2.05, 4.69) is 38.3 Å². The Labute approximate surface area is 177 Å². The number of nitrogens with zero attached hydrogens (tertiary/aromatic N) is 2. The number of hydrogen-bond donors (Lipinski definition) is 2. The molecule has 1 saturated heterocycles. The van der Waals surface area contributed by atoms with Crippen LogP contribution in [0.15, 0.2) is 54.7 Å². The number of benzene rings is 2. The van der Waals surface area contributed by atoms with Crippen molar-refractivity contribution < 1.29 is 9.53 Å². The molecule has 1 aromatic heterocycles. The number of H-pyrrole nitrogens is 1. The number of para-hydroxylation sites is 3. The molecule has 6 heteroatoms. The lowest BCUT2D eigenvalue weighted by atomic mass is 10.1. The molecule has 4 rings (SSSR count). The van der Waals surface area contributed by atoms with Gasteiger partial charge in [0, 0.05) is 49.8 Å². The van der Waals surface area contributed by atoms with Crippen LogP contribution in [0.2, 0.25) is 0 Å². The van der Waals surface area contributed by atoms with Gasteiger partial charge in [-0.1, -0.05) is 30.3 Å². The summed E-state index contributed by atoms with van der Waals surface area (Å²) in [6, 6.07) is 16.2. The monoisotopic (exact) mass is 406 g/mol. The standard InChI is InChI=1S/C24H30N4O2/c1-18(24(29)25-12-11-19-17-26-21-8-4-3-7-20(19)21)27-13-15-28(16-14-27)22-9-5-6-10-23(22)30-2/h3-10,17-18,26H,11-16H2,1-2H3,(H,25,29). The molecule has 30 heavy (non-hydrogen) atoms. The Morgan fingerprint density at radius 2 is 1.83 bits per heavy atom. The van der Waals surface area contributed by atoms with E-state index in [1.807, 2.05) is 43.5 Å². The molecule has 0 radical (unpaired) electrons. The van der Waals surface area contributed by atoms with Crippen LogP contribution in [0.1, 0.15) is 12.5 Å². The van der Waals surface area contributed by atoms with Crippen LogP contribution in [0.25, 0.3) is 10.9 Å². The number of rotatable bonds is 7. The number of carbonyl (C=O) groups is 1. The van der Waals surface area contributed by atoms with Crippen molar-refractivity contribution in [2.75, 3.05) is 44.7 Å². The highest BCUT2D eigenvalue weighted by molar-refractivity contribution is 5.83. The summed E-state index contributed by atoms with van der Waals surface area (Å²) in [7, 11) is 1.71. The van der Waals surface area contributed by atoms with Crippen molar-refractivity contribution in [2.24, 2.45) is 0 Å². The Morgan fingerprint density at radius 1 is 1.10 bits per heavy atom. The molecule has 2 heterocycles. The summed E-state index contributed by atoms with van der Waals surface area (Å²) < 4.78 is 5.49. The summed E-state index contributed by atoms with van der Waals surface area (Å²) in [4.78, 5) is 20.6. The summed E-state index contributed by atoms with van der Waals surface area (Å²) >= 11 is 0. The van der Waals surface area contributed by atoms with Gasteiger partial charge in [0.1, 0.15) is 5.75 Å². The molecule has 0 spiro atoms. The van der Waals surface area contributed by atoms with Crippen LogP contribution in [-0.4, -0.2) is 61.7 Å². The van der Waals surface area contributed by atoms with E-state index in [0.29, 0.717) is 6.54 Å². The Hall–Kier alpha value is -2.99. The molecule has 1 fully saturated rings. The molecular weight excluding hydrogens is 376 g/mol. The van der Waals surface area contributed by atoms with Gasteiger partial charge in [-0.25, -0.2) is 0 Å². The van der Waals surface area contributed by atoms with E-state index in [0.717, 1.165) is 49.6 Å². The van der Waals surface area contributed by atoms with Gasteiger partial charge >= 0.3 is 0 Å². The average molecular weight is 407 g/mol. The Morgan fingerprint density at radius 3 is 2.63 bits per heavy atom. The van der Waals surface area contributed by atoms with Gasteiger partial charge in [-0.05, 0) is 37.1 Å². The van der Waals surface area contributed by atoms with Crippen molar-refractivity contribution in [1.29, 1.82) is 0 Å². The zero-order valence-electron chi connectivity index (χ0n) is 17.7. The average Bonchev–Trinajstić information content (AvgIpc) is 3.21. The molecule has 0 saturated carbocycles. The summed E-state index contributed by atoms with van der Waals surface area (Å²) in [5, 5.41) is 4.34. The highest BCUT2D eigenvalue weighted by Gasteiger charge is 2.26. The predicted molar refractivity (Wildman–Crippen MR) is 121 cm³/mol. The van der Waals surface area contributed by atoms with Crippen molar-refractivity contribution in [2.45, 2.75) is 19.4 Å². The van der Waals surface area contributed by atoms with Crippen LogP contribution in [0.3, 0.4) is 0 Å². The lowest BCUT2D eigenvalue weighted by Crippen LogP contribution is -2.54. The Bertz CT molecular complexity index is 992. The minimum atomic E-state index is -0.132. The van der Waals surface area contributed by atoms with Crippen LogP contribution in [-0.2, 0) is 11.2 Å². The summed E-state index contributed by atoms with van der Waals surface area (Å²) in [5.41, 5.74) is 3.50. The van der Waals surface area contributed by atoms with Crippen molar-refractivity contribution in [3.8, 4) is 5.75 Å². The maximum atomic E-state index is 12.7. The van der Waals surface area contributed by atoms with Crippen LogP contribution >= 0.6 is 0 Å². The summed E-state index contributed by atoms with van der Waals surface area (Å²) in [5.74, 6) is 0.995. The molecule has 1 amide bonds. The van der Waals surface area contributed by atoms with E-state index in [-0.39, 0.29) is 11.9 Å². The number of amides is 1. The zero-order chi connectivity index (χ0) is 20.9. The van der Waals surface area contributed by atoms with Gasteiger partial charge in [-0.15, -0.1) is 0 Å². The van der Waals surface area contributed by atoms with Crippen molar-refractivity contribution in [3.05, 3.63) is 60.3 Å². The van der Waals surface area contributed by atoms with Gasteiger partial charge in [-0.3, -0.25) is 9.69 Å². The highest BCUT2D eigenvalue weighted by Crippen LogP contribution is 2.28. The number of anilines is 1. The lowest BCUT2D eigenvalue weighted by molar-refractivity contribution is -0.125. The van der Waals surface area contributed by atoms with Gasteiger partial charge in [0.15, 0.2) is 0 Å². The normalized spacial score (nSPS) is 15.9. The number of fused-ring (bicyclic) bond motifs is 1. The number of aromatic nitrogens is 1. The van der Waals surface area contributed by atoms with E-state index in [4.69, 9.17) is 4.74 Å². The van der Waals surface area contributed by atoms with Crippen molar-refractivity contribution in [3.63, 3.8) is 0 Å². The molecule has 2 aromatic carbocycles. The number of carbonyl (C=O) groups excluding carboxylic acids is 1. The topological polar surface area (TPSA) is 60.6 Å². The Kier molecular flexibility index (Phi) is 6.23. The van der Waals surface area contributed by atoms with Gasteiger partial charge in [0.05, 0.1) is 18.8 Å². The van der Waals surface area contributed by atoms with Gasteiger partial charge < -0.3 is 19.9 Å². The number of aromatic amines is 1. The van der Waals surface area contributed by atoms with E-state index in [1.54, 1.807) is 7.11 Å². The molecular formula is C24H30N4O2. The number of methoxy groups -OCH3 is 1. The predicted octanol–water partition coefficient (Wildman–Crippen LogP) is 3.05. The van der Waals surface area contributed by atoms with Crippen molar-refractivity contribution in [1.82, 2.24) is 15.2 Å². The molecule has 0 aliphatic carbocycles. The third-order valence-corrected chi connectivity index (χ3v) is 6.04. The fourth-order valence-corrected chi connectivity index (χ4v) is 4.21. The Balaban J connectivity index is 1.26. The van der Waals surface area contributed by atoms with Crippen LogP contribution in [0.4, 0.5) is 5.69 Å². The van der Waals surface area contributed by atoms with E-state index in [1.165, 1.54) is 10.9 Å². The third-order valence-electron chi connectivity index (χ3n) is 6.04. The van der Waals surface area contributed by atoms with Gasteiger partial charge in [-0.2, -0.15) is 0 Å². The van der Waals surface area contributed by atoms with Gasteiger partial charge in [0.25, 0.3) is 0 Å². The second-order valence-corrected chi connectivity index (χ2v) is 7.77. The number of piperazine rings is 1. The molecule has 1 atom stereocenters. The molecule has 1 aliphatic heterocycles. The second-order valence-electron chi connectivity index (χ2n) is 7.77. The molecule has 3 aromatic rings. The summed E-state index contributed by atoms with van der Waals surface area (Å²) in [6.07, 6.45) is 2.86.